The molecule has 1 N–H and O–H groups in total. The average Bonchev–Trinajstić information content (AvgIpc) is 2.72. The second kappa shape index (κ2) is 5.80. The number of carboxylic acid groups (broad SMARTS) is 1. The maximum atomic E-state index is 10.4. The van der Waals surface area contributed by atoms with E-state index >= 15 is 0 Å². The molecule has 0 aliphatic rings. The van der Waals surface area contributed by atoms with E-state index in [1.165, 1.54) is 21.7 Å². The van der Waals surface area contributed by atoms with Crippen LogP contribution in [0.1, 0.15) is 5.56 Å². The second-order valence-electron chi connectivity index (χ2n) is 4.19. The van der Waals surface area contributed by atoms with Gasteiger partial charge in [-0.1, -0.05) is 24.3 Å². The van der Waals surface area contributed by atoms with E-state index < -0.39 is 5.97 Å². The van der Waals surface area contributed by atoms with Gasteiger partial charge in [0.25, 0.3) is 0 Å². The van der Waals surface area contributed by atoms with E-state index in [4.69, 9.17) is 5.11 Å². The standard InChI is InChI=1S/C14H15NO2S/c1-15(8-4-7-14(16)17)9-11-10-18-13-6-3-2-5-12(11)13/h2-7,10H,8-9H2,1H3,(H,16,17)/b7-4+. The molecule has 1 aromatic heterocycles. The van der Waals surface area contributed by atoms with Crippen molar-refractivity contribution in [3.05, 3.63) is 47.4 Å². The number of aliphatic carboxylic acids is 1. The number of thiophene rings is 1. The molecular formula is C14H15NO2S. The summed E-state index contributed by atoms with van der Waals surface area (Å²) in [6.07, 6.45) is 2.85. The van der Waals surface area contributed by atoms with Crippen LogP contribution in [-0.2, 0) is 11.3 Å². The number of carboxylic acids is 1. The van der Waals surface area contributed by atoms with Crippen LogP contribution >= 0.6 is 11.3 Å². The lowest BCUT2D eigenvalue weighted by molar-refractivity contribution is -0.131. The van der Waals surface area contributed by atoms with Crippen LogP contribution in [0, 0.1) is 0 Å². The van der Waals surface area contributed by atoms with Gasteiger partial charge in [0.2, 0.25) is 0 Å². The van der Waals surface area contributed by atoms with Gasteiger partial charge in [0, 0.05) is 23.9 Å². The highest BCUT2D eigenvalue weighted by atomic mass is 32.1. The van der Waals surface area contributed by atoms with Gasteiger partial charge in [-0.15, -0.1) is 11.3 Å². The van der Waals surface area contributed by atoms with E-state index in [2.05, 4.69) is 22.4 Å². The molecule has 2 rings (SSSR count). The summed E-state index contributed by atoms with van der Waals surface area (Å²) < 4.78 is 1.29. The third-order valence-electron chi connectivity index (χ3n) is 2.68. The lowest BCUT2D eigenvalue weighted by atomic mass is 10.2. The van der Waals surface area contributed by atoms with Crippen LogP contribution in [0.5, 0.6) is 0 Å². The van der Waals surface area contributed by atoms with E-state index in [1.807, 2.05) is 19.2 Å². The lowest BCUT2D eigenvalue weighted by Gasteiger charge is -2.13. The van der Waals surface area contributed by atoms with Crippen LogP contribution in [0.15, 0.2) is 41.8 Å². The van der Waals surface area contributed by atoms with Crippen molar-refractivity contribution >= 4 is 27.4 Å². The highest BCUT2D eigenvalue weighted by Crippen LogP contribution is 2.26. The van der Waals surface area contributed by atoms with Crippen LogP contribution in [0.25, 0.3) is 10.1 Å². The Labute approximate surface area is 110 Å². The summed E-state index contributed by atoms with van der Waals surface area (Å²) in [6, 6.07) is 8.33. The van der Waals surface area contributed by atoms with Gasteiger partial charge in [-0.2, -0.15) is 0 Å². The van der Waals surface area contributed by atoms with Gasteiger partial charge in [-0.3, -0.25) is 4.90 Å². The predicted octanol–water partition coefficient (Wildman–Crippen LogP) is 2.97. The molecule has 3 nitrogen and oxygen atoms in total. The van der Waals surface area contributed by atoms with Crippen LogP contribution in [0.4, 0.5) is 0 Å². The minimum absolute atomic E-state index is 0.635. The van der Waals surface area contributed by atoms with Crippen molar-refractivity contribution in [3.63, 3.8) is 0 Å². The maximum Gasteiger partial charge on any atom is 0.328 e. The Hall–Kier alpha value is -1.65. The SMILES string of the molecule is CN(C/C=C/C(=O)O)Cc1csc2ccccc12. The number of fused-ring (bicyclic) bond motifs is 1. The Kier molecular flexibility index (Phi) is 4.12. The third-order valence-corrected chi connectivity index (χ3v) is 3.69. The van der Waals surface area contributed by atoms with Gasteiger partial charge in [0.1, 0.15) is 0 Å². The second-order valence-corrected chi connectivity index (χ2v) is 5.11. The van der Waals surface area contributed by atoms with Crippen LogP contribution in [0.3, 0.4) is 0 Å². The van der Waals surface area contributed by atoms with Gasteiger partial charge in [0.15, 0.2) is 0 Å². The molecule has 4 heteroatoms. The number of likely N-dealkylation sites (N-methyl/N-ethyl adjacent to an activating group) is 1. The fraction of sp³-hybridized carbons (Fsp3) is 0.214. The van der Waals surface area contributed by atoms with Crippen LogP contribution in [-0.4, -0.2) is 29.6 Å². The molecule has 0 spiro atoms. The molecule has 94 valence electrons. The number of benzene rings is 1. The fourth-order valence-corrected chi connectivity index (χ4v) is 2.80. The largest absolute Gasteiger partial charge is 0.478 e. The monoisotopic (exact) mass is 261 g/mol. The van der Waals surface area contributed by atoms with E-state index in [0.717, 1.165) is 6.54 Å². The summed E-state index contributed by atoms with van der Waals surface area (Å²) in [5, 5.41) is 12.0. The van der Waals surface area contributed by atoms with Crippen LogP contribution in [0.2, 0.25) is 0 Å². The third kappa shape index (κ3) is 3.18. The zero-order valence-corrected chi connectivity index (χ0v) is 11.0. The molecular weight excluding hydrogens is 246 g/mol. The molecule has 0 aliphatic heterocycles. The lowest BCUT2D eigenvalue weighted by Crippen LogP contribution is -2.17. The average molecular weight is 261 g/mol. The summed E-state index contributed by atoms with van der Waals surface area (Å²) in [6.45, 7) is 1.46. The first-order chi connectivity index (χ1) is 8.66. The fourth-order valence-electron chi connectivity index (χ4n) is 1.84. The Balaban J connectivity index is 2.03. The normalized spacial score (nSPS) is 11.7. The number of nitrogens with zero attached hydrogens (tertiary/aromatic N) is 1. The number of rotatable bonds is 5. The van der Waals surface area contributed by atoms with Gasteiger partial charge in [-0.25, -0.2) is 4.79 Å². The van der Waals surface area contributed by atoms with Gasteiger partial charge in [0.05, 0.1) is 0 Å². The molecule has 0 radical (unpaired) electrons. The highest BCUT2D eigenvalue weighted by molar-refractivity contribution is 7.17. The molecule has 18 heavy (non-hydrogen) atoms. The molecule has 0 bridgehead atoms. The Morgan fingerprint density at radius 1 is 1.44 bits per heavy atom. The summed E-state index contributed by atoms with van der Waals surface area (Å²) >= 11 is 1.75. The van der Waals surface area contributed by atoms with E-state index in [9.17, 15) is 4.79 Å². The summed E-state index contributed by atoms with van der Waals surface area (Å²) in [5.41, 5.74) is 1.29. The van der Waals surface area contributed by atoms with E-state index in [0.29, 0.717) is 6.54 Å². The van der Waals surface area contributed by atoms with Crippen molar-refractivity contribution in [2.24, 2.45) is 0 Å². The first-order valence-electron chi connectivity index (χ1n) is 5.70. The Bertz CT molecular complexity index is 574. The number of carbonyl (C=O) groups is 1. The van der Waals surface area contributed by atoms with Gasteiger partial charge in [-0.05, 0) is 29.4 Å². The van der Waals surface area contributed by atoms with Crippen molar-refractivity contribution in [3.8, 4) is 0 Å². The molecule has 1 heterocycles. The highest BCUT2D eigenvalue weighted by Gasteiger charge is 2.05. The molecule has 1 aromatic carbocycles. The summed E-state index contributed by atoms with van der Waals surface area (Å²) in [4.78, 5) is 12.5. The smallest absolute Gasteiger partial charge is 0.328 e. The zero-order valence-electron chi connectivity index (χ0n) is 10.2. The molecule has 0 saturated carbocycles. The predicted molar refractivity (Wildman–Crippen MR) is 74.9 cm³/mol. The molecule has 0 amide bonds. The Morgan fingerprint density at radius 2 is 2.22 bits per heavy atom. The van der Waals surface area contributed by atoms with Crippen molar-refractivity contribution in [1.82, 2.24) is 4.90 Å². The van der Waals surface area contributed by atoms with E-state index in [1.54, 1.807) is 17.4 Å². The van der Waals surface area contributed by atoms with Crippen LogP contribution < -0.4 is 0 Å². The Morgan fingerprint density at radius 3 is 3.00 bits per heavy atom. The summed E-state index contributed by atoms with van der Waals surface area (Å²) in [7, 11) is 1.98. The molecule has 0 atom stereocenters. The van der Waals surface area contributed by atoms with Gasteiger partial charge >= 0.3 is 5.97 Å². The molecule has 0 unspecified atom stereocenters. The van der Waals surface area contributed by atoms with Gasteiger partial charge < -0.3 is 5.11 Å². The molecule has 0 aliphatic carbocycles. The van der Waals surface area contributed by atoms with Crippen molar-refractivity contribution in [1.29, 1.82) is 0 Å². The number of hydrogen-bond donors (Lipinski definition) is 1. The van der Waals surface area contributed by atoms with Crippen molar-refractivity contribution in [2.75, 3.05) is 13.6 Å². The van der Waals surface area contributed by atoms with Crippen molar-refractivity contribution in [2.45, 2.75) is 6.54 Å². The topological polar surface area (TPSA) is 40.5 Å². The zero-order chi connectivity index (χ0) is 13.0. The quantitative estimate of drug-likeness (QED) is 0.841. The summed E-state index contributed by atoms with van der Waals surface area (Å²) in [5.74, 6) is -0.899. The minimum atomic E-state index is -0.899. The molecule has 0 fully saturated rings. The minimum Gasteiger partial charge on any atom is -0.478 e. The molecule has 0 saturated heterocycles. The maximum absolute atomic E-state index is 10.4. The molecule has 2 aromatic rings. The van der Waals surface area contributed by atoms with E-state index in [-0.39, 0.29) is 0 Å². The first-order valence-corrected chi connectivity index (χ1v) is 6.58. The number of hydrogen-bond acceptors (Lipinski definition) is 3. The van der Waals surface area contributed by atoms with Crippen molar-refractivity contribution < 1.29 is 9.90 Å². The first kappa shape index (κ1) is 12.8.